The van der Waals surface area contributed by atoms with Gasteiger partial charge in [-0.15, -0.1) is 11.3 Å². The summed E-state index contributed by atoms with van der Waals surface area (Å²) in [7, 11) is 0. The lowest BCUT2D eigenvalue weighted by molar-refractivity contribution is 0.306. The number of nitrogens with one attached hydrogen (secondary N) is 1. The van der Waals surface area contributed by atoms with E-state index in [4.69, 9.17) is 16.3 Å². The van der Waals surface area contributed by atoms with Gasteiger partial charge in [-0.2, -0.15) is 0 Å². The number of rotatable bonds is 7. The Morgan fingerprint density at radius 2 is 2.03 bits per heavy atom. The molecule has 4 nitrogen and oxygen atoms in total. The van der Waals surface area contributed by atoms with Crippen LogP contribution in [0.5, 0.6) is 5.75 Å². The molecule has 0 aliphatic rings. The summed E-state index contributed by atoms with van der Waals surface area (Å²) in [5.41, 5.74) is 2.35. The fourth-order valence-electron chi connectivity index (χ4n) is 2.75. The second-order valence-corrected chi connectivity index (χ2v) is 7.75. The highest BCUT2D eigenvalue weighted by Crippen LogP contribution is 2.30. The lowest BCUT2D eigenvalue weighted by atomic mass is 10.2. The van der Waals surface area contributed by atoms with E-state index in [0.717, 1.165) is 21.7 Å². The number of thiophene rings is 1. The van der Waals surface area contributed by atoms with Crippen molar-refractivity contribution >= 4 is 46.6 Å². The Morgan fingerprint density at radius 1 is 1.10 bits per heavy atom. The molecule has 0 saturated carbocycles. The maximum Gasteiger partial charge on any atom is 0.141 e. The molecular weight excluding hydrogens is 421 g/mol. The van der Waals surface area contributed by atoms with Crippen molar-refractivity contribution in [2.75, 3.05) is 5.32 Å². The summed E-state index contributed by atoms with van der Waals surface area (Å²) < 4.78 is 19.0. The van der Waals surface area contributed by atoms with E-state index in [1.807, 2.05) is 35.7 Å². The molecule has 0 aliphatic heterocycles. The zero-order valence-corrected chi connectivity index (χ0v) is 17.3. The van der Waals surface area contributed by atoms with Crippen LogP contribution < -0.4 is 10.1 Å². The maximum absolute atomic E-state index is 13.3. The number of nitrogens with zero attached hydrogens (tertiary/aromatic N) is 2. The average Bonchev–Trinajstić information content (AvgIpc) is 3.26. The lowest BCUT2D eigenvalue weighted by Crippen LogP contribution is -1.99. The molecule has 0 spiro atoms. The molecule has 0 saturated heterocycles. The second-order valence-electron chi connectivity index (χ2n) is 6.36. The molecule has 4 aromatic rings. The van der Waals surface area contributed by atoms with Gasteiger partial charge in [0, 0.05) is 22.3 Å². The van der Waals surface area contributed by atoms with Gasteiger partial charge in [0.1, 0.15) is 30.3 Å². The molecule has 0 unspecified atom stereocenters. The van der Waals surface area contributed by atoms with Gasteiger partial charge in [0.15, 0.2) is 0 Å². The Kier molecular flexibility index (Phi) is 6.37. The number of halogens is 2. The number of benzene rings is 2. The van der Waals surface area contributed by atoms with Crippen LogP contribution in [-0.4, -0.2) is 9.97 Å². The van der Waals surface area contributed by atoms with Gasteiger partial charge in [0.05, 0.1) is 5.02 Å². The van der Waals surface area contributed by atoms with Gasteiger partial charge in [-0.05, 0) is 59.5 Å². The fourth-order valence-corrected chi connectivity index (χ4v) is 3.60. The Hall–Kier alpha value is -3.22. The number of hydrogen-bond donors (Lipinski definition) is 1. The summed E-state index contributed by atoms with van der Waals surface area (Å²) in [6.07, 6.45) is 7.22. The van der Waals surface area contributed by atoms with E-state index in [0.29, 0.717) is 16.6 Å². The van der Waals surface area contributed by atoms with E-state index in [9.17, 15) is 4.39 Å². The van der Waals surface area contributed by atoms with Crippen LogP contribution in [0.2, 0.25) is 5.02 Å². The second kappa shape index (κ2) is 9.52. The first-order valence-electron chi connectivity index (χ1n) is 9.13. The van der Waals surface area contributed by atoms with Crippen LogP contribution in [0.3, 0.4) is 0 Å². The first kappa shape index (κ1) is 20.1. The maximum atomic E-state index is 13.3. The fraction of sp³-hybridized carbons (Fsp3) is 0.0435. The van der Waals surface area contributed by atoms with Crippen molar-refractivity contribution in [3.8, 4) is 5.75 Å². The smallest absolute Gasteiger partial charge is 0.141 e. The molecule has 0 aliphatic carbocycles. The highest BCUT2D eigenvalue weighted by atomic mass is 35.5. The quantitative estimate of drug-likeness (QED) is 0.344. The van der Waals surface area contributed by atoms with Crippen molar-refractivity contribution in [1.29, 1.82) is 0 Å². The van der Waals surface area contributed by atoms with E-state index < -0.39 is 0 Å². The van der Waals surface area contributed by atoms with Crippen LogP contribution in [0.25, 0.3) is 12.2 Å². The molecule has 0 radical (unpaired) electrons. The largest absolute Gasteiger partial charge is 0.487 e. The van der Waals surface area contributed by atoms with Crippen molar-refractivity contribution in [3.63, 3.8) is 0 Å². The van der Waals surface area contributed by atoms with E-state index in [2.05, 4.69) is 15.3 Å². The van der Waals surface area contributed by atoms with E-state index >= 15 is 0 Å². The van der Waals surface area contributed by atoms with Gasteiger partial charge >= 0.3 is 0 Å². The molecule has 1 N–H and O–H groups in total. The summed E-state index contributed by atoms with van der Waals surface area (Å²) in [6.45, 7) is 0.230. The third-order valence-electron chi connectivity index (χ3n) is 4.19. The molecule has 30 heavy (non-hydrogen) atoms. The molecule has 2 aromatic carbocycles. The van der Waals surface area contributed by atoms with Gasteiger partial charge in [0.2, 0.25) is 0 Å². The third-order valence-corrected chi connectivity index (χ3v) is 5.32. The monoisotopic (exact) mass is 437 g/mol. The summed E-state index contributed by atoms with van der Waals surface area (Å²) in [5, 5.41) is 5.74. The molecule has 0 atom stereocenters. The Balaban J connectivity index is 1.46. The Morgan fingerprint density at radius 3 is 2.83 bits per heavy atom. The van der Waals surface area contributed by atoms with Crippen LogP contribution in [0.15, 0.2) is 72.5 Å². The van der Waals surface area contributed by atoms with Gasteiger partial charge < -0.3 is 10.1 Å². The van der Waals surface area contributed by atoms with E-state index in [-0.39, 0.29) is 12.4 Å². The van der Waals surface area contributed by atoms with Crippen molar-refractivity contribution < 1.29 is 9.13 Å². The van der Waals surface area contributed by atoms with Crippen molar-refractivity contribution in [1.82, 2.24) is 9.97 Å². The summed E-state index contributed by atoms with van der Waals surface area (Å²) >= 11 is 8.04. The molecule has 0 amide bonds. The molecule has 150 valence electrons. The summed E-state index contributed by atoms with van der Waals surface area (Å²) in [5.74, 6) is 0.893. The van der Waals surface area contributed by atoms with Gasteiger partial charge in [-0.25, -0.2) is 14.4 Å². The number of aromatic nitrogens is 2. The van der Waals surface area contributed by atoms with Crippen LogP contribution in [-0.2, 0) is 6.61 Å². The van der Waals surface area contributed by atoms with Crippen LogP contribution in [0.1, 0.15) is 16.0 Å². The minimum Gasteiger partial charge on any atom is -0.487 e. The van der Waals surface area contributed by atoms with Crippen LogP contribution in [0, 0.1) is 5.82 Å². The predicted molar refractivity (Wildman–Crippen MR) is 121 cm³/mol. The molecule has 0 fully saturated rings. The summed E-state index contributed by atoms with van der Waals surface area (Å²) in [6, 6.07) is 15.7. The zero-order chi connectivity index (χ0) is 20.8. The van der Waals surface area contributed by atoms with Crippen molar-refractivity contribution in [2.24, 2.45) is 0 Å². The third kappa shape index (κ3) is 5.23. The molecule has 7 heteroatoms. The Bertz CT molecular complexity index is 1160. The molecule has 2 aromatic heterocycles. The standard InChI is InChI=1S/C23H17ClFN3OS/c24-21-12-19(7-9-22(21)29-14-16-3-1-4-18(25)11-16)28-23-17(13-26-15-27-23)6-8-20-5-2-10-30-20/h1-13,15H,14H2,(H,26,27,28). The average molecular weight is 438 g/mol. The highest BCUT2D eigenvalue weighted by Gasteiger charge is 2.07. The summed E-state index contributed by atoms with van der Waals surface area (Å²) in [4.78, 5) is 9.58. The highest BCUT2D eigenvalue weighted by molar-refractivity contribution is 7.10. The normalized spacial score (nSPS) is 11.0. The topological polar surface area (TPSA) is 47.0 Å². The van der Waals surface area contributed by atoms with Gasteiger partial charge in [-0.3, -0.25) is 0 Å². The number of ether oxygens (including phenoxy) is 1. The Labute approximate surface area is 182 Å². The predicted octanol–water partition coefficient (Wildman–Crippen LogP) is 6.82. The first-order chi connectivity index (χ1) is 14.7. The minimum absolute atomic E-state index is 0.230. The molecule has 2 heterocycles. The van der Waals surface area contributed by atoms with E-state index in [1.165, 1.54) is 18.5 Å². The zero-order valence-electron chi connectivity index (χ0n) is 15.8. The molecular formula is C23H17ClFN3OS. The van der Waals surface area contributed by atoms with Crippen LogP contribution >= 0.6 is 22.9 Å². The van der Waals surface area contributed by atoms with Crippen molar-refractivity contribution in [3.05, 3.63) is 99.3 Å². The SMILES string of the molecule is Fc1cccc(COc2ccc(Nc3ncncc3C=Cc3cccs3)cc2Cl)c1. The first-order valence-corrected chi connectivity index (χ1v) is 10.4. The number of anilines is 2. The molecule has 0 bridgehead atoms. The van der Waals surface area contributed by atoms with Crippen LogP contribution in [0.4, 0.5) is 15.9 Å². The van der Waals surface area contributed by atoms with Gasteiger partial charge in [0.25, 0.3) is 0 Å². The van der Waals surface area contributed by atoms with Crippen molar-refractivity contribution in [2.45, 2.75) is 6.61 Å². The van der Waals surface area contributed by atoms with Gasteiger partial charge in [-0.1, -0.05) is 29.8 Å². The van der Waals surface area contributed by atoms with E-state index in [1.54, 1.807) is 41.8 Å². The number of hydrogen-bond acceptors (Lipinski definition) is 5. The molecule has 4 rings (SSSR count). The lowest BCUT2D eigenvalue weighted by Gasteiger charge is -2.12. The minimum atomic E-state index is -0.296.